The molecular formula is C8H18N2O. The van der Waals surface area contributed by atoms with E-state index in [-0.39, 0.29) is 11.8 Å². The van der Waals surface area contributed by atoms with Gasteiger partial charge in [0.2, 0.25) is 5.91 Å². The second kappa shape index (κ2) is 4.34. The van der Waals surface area contributed by atoms with E-state index in [4.69, 9.17) is 0 Å². The molecule has 3 nitrogen and oxygen atoms in total. The molecule has 0 saturated carbocycles. The lowest BCUT2D eigenvalue weighted by atomic mass is 9.98. The molecule has 1 amide bonds. The van der Waals surface area contributed by atoms with E-state index in [9.17, 15) is 4.79 Å². The Morgan fingerprint density at radius 1 is 1.27 bits per heavy atom. The van der Waals surface area contributed by atoms with Gasteiger partial charge in [0.15, 0.2) is 0 Å². The van der Waals surface area contributed by atoms with Gasteiger partial charge < -0.3 is 0 Å². The third kappa shape index (κ3) is 3.98. The SMILES string of the molecule is CC(C)[C@@H](C)C(=O)NN(C)C. The highest BCUT2D eigenvalue weighted by Gasteiger charge is 2.16. The minimum atomic E-state index is 0.0809. The maximum Gasteiger partial charge on any atom is 0.237 e. The Bertz CT molecular complexity index is 132. The Morgan fingerprint density at radius 3 is 2.00 bits per heavy atom. The zero-order valence-electron chi connectivity index (χ0n) is 8.01. The van der Waals surface area contributed by atoms with Crippen LogP contribution < -0.4 is 5.43 Å². The fourth-order valence-corrected chi connectivity index (χ4v) is 0.625. The topological polar surface area (TPSA) is 32.3 Å². The van der Waals surface area contributed by atoms with Crippen LogP contribution in [-0.2, 0) is 4.79 Å². The van der Waals surface area contributed by atoms with Crippen LogP contribution in [0.3, 0.4) is 0 Å². The molecule has 0 heterocycles. The van der Waals surface area contributed by atoms with Crippen LogP contribution in [-0.4, -0.2) is 25.0 Å². The second-order valence-electron chi connectivity index (χ2n) is 3.40. The van der Waals surface area contributed by atoms with Crippen LogP contribution in [0.15, 0.2) is 0 Å². The molecule has 0 saturated heterocycles. The van der Waals surface area contributed by atoms with Gasteiger partial charge in [0, 0.05) is 20.0 Å². The van der Waals surface area contributed by atoms with Gasteiger partial charge in [-0.1, -0.05) is 20.8 Å². The average Bonchev–Trinajstić information content (AvgIpc) is 1.84. The van der Waals surface area contributed by atoms with Crippen molar-refractivity contribution in [1.82, 2.24) is 10.4 Å². The quantitative estimate of drug-likeness (QED) is 0.618. The van der Waals surface area contributed by atoms with Crippen molar-refractivity contribution in [3.8, 4) is 0 Å². The number of hydrogen-bond acceptors (Lipinski definition) is 2. The van der Waals surface area contributed by atoms with E-state index in [2.05, 4.69) is 5.43 Å². The summed E-state index contributed by atoms with van der Waals surface area (Å²) in [6.07, 6.45) is 0. The lowest BCUT2D eigenvalue weighted by molar-refractivity contribution is -0.129. The van der Waals surface area contributed by atoms with Gasteiger partial charge >= 0.3 is 0 Å². The van der Waals surface area contributed by atoms with Gasteiger partial charge in [0.25, 0.3) is 0 Å². The third-order valence-electron chi connectivity index (χ3n) is 1.75. The summed E-state index contributed by atoms with van der Waals surface area (Å²) in [6.45, 7) is 6.02. The Balaban J connectivity index is 3.83. The first-order chi connectivity index (χ1) is 4.95. The molecule has 0 spiro atoms. The van der Waals surface area contributed by atoms with E-state index < -0.39 is 0 Å². The number of amides is 1. The number of hydrazine groups is 1. The average molecular weight is 158 g/mol. The van der Waals surface area contributed by atoms with Crippen molar-refractivity contribution >= 4 is 5.91 Å². The van der Waals surface area contributed by atoms with Crippen molar-refractivity contribution < 1.29 is 4.79 Å². The Morgan fingerprint density at radius 2 is 1.73 bits per heavy atom. The molecule has 0 aliphatic carbocycles. The van der Waals surface area contributed by atoms with Crippen LogP contribution in [0.2, 0.25) is 0 Å². The summed E-state index contributed by atoms with van der Waals surface area (Å²) >= 11 is 0. The van der Waals surface area contributed by atoms with Crippen LogP contribution in [0.5, 0.6) is 0 Å². The fraction of sp³-hybridized carbons (Fsp3) is 0.875. The molecule has 0 aliphatic heterocycles. The molecule has 0 aromatic heterocycles. The summed E-state index contributed by atoms with van der Waals surface area (Å²) in [5, 5.41) is 1.67. The Hall–Kier alpha value is -0.570. The molecule has 0 rings (SSSR count). The lowest BCUT2D eigenvalue weighted by Crippen LogP contribution is -2.40. The zero-order chi connectivity index (χ0) is 9.02. The molecular weight excluding hydrogens is 140 g/mol. The normalized spacial score (nSPS) is 13.7. The monoisotopic (exact) mass is 158 g/mol. The predicted molar refractivity (Wildman–Crippen MR) is 45.8 cm³/mol. The van der Waals surface area contributed by atoms with Crippen molar-refractivity contribution in [2.75, 3.05) is 14.1 Å². The highest BCUT2D eigenvalue weighted by atomic mass is 16.2. The highest BCUT2D eigenvalue weighted by Crippen LogP contribution is 2.08. The Labute approximate surface area is 68.7 Å². The highest BCUT2D eigenvalue weighted by molar-refractivity contribution is 5.77. The van der Waals surface area contributed by atoms with Crippen LogP contribution >= 0.6 is 0 Å². The summed E-state index contributed by atoms with van der Waals surface area (Å²) in [6, 6.07) is 0. The minimum Gasteiger partial charge on any atom is -0.289 e. The van der Waals surface area contributed by atoms with Gasteiger partial charge in [0.1, 0.15) is 0 Å². The largest absolute Gasteiger partial charge is 0.289 e. The number of rotatable bonds is 3. The molecule has 1 N–H and O–H groups in total. The van der Waals surface area contributed by atoms with E-state index in [1.54, 1.807) is 5.01 Å². The molecule has 0 unspecified atom stereocenters. The predicted octanol–water partition coefficient (Wildman–Crippen LogP) is 0.871. The number of nitrogens with one attached hydrogen (secondary N) is 1. The lowest BCUT2D eigenvalue weighted by Gasteiger charge is -2.18. The molecule has 3 heteroatoms. The van der Waals surface area contributed by atoms with E-state index in [1.165, 1.54) is 0 Å². The number of carbonyl (C=O) groups is 1. The summed E-state index contributed by atoms with van der Waals surface area (Å²) in [5.41, 5.74) is 2.72. The molecule has 66 valence electrons. The fourth-order valence-electron chi connectivity index (χ4n) is 0.625. The van der Waals surface area contributed by atoms with Crippen molar-refractivity contribution in [3.05, 3.63) is 0 Å². The Kier molecular flexibility index (Phi) is 4.11. The van der Waals surface area contributed by atoms with Gasteiger partial charge in [-0.25, -0.2) is 5.01 Å². The smallest absolute Gasteiger partial charge is 0.237 e. The standard InChI is InChI=1S/C8H18N2O/c1-6(2)7(3)8(11)9-10(4)5/h6-7H,1-5H3,(H,9,11)/t7-/m1/s1. The maximum atomic E-state index is 11.2. The van der Waals surface area contributed by atoms with E-state index in [0.29, 0.717) is 5.92 Å². The first kappa shape index (κ1) is 10.4. The van der Waals surface area contributed by atoms with Crippen LogP contribution in [0.25, 0.3) is 0 Å². The molecule has 0 fully saturated rings. The summed E-state index contributed by atoms with van der Waals surface area (Å²) < 4.78 is 0. The van der Waals surface area contributed by atoms with Gasteiger partial charge in [-0.15, -0.1) is 0 Å². The maximum absolute atomic E-state index is 11.2. The van der Waals surface area contributed by atoms with Crippen molar-refractivity contribution in [3.63, 3.8) is 0 Å². The van der Waals surface area contributed by atoms with E-state index in [0.717, 1.165) is 0 Å². The number of hydrogen-bond donors (Lipinski definition) is 1. The second-order valence-corrected chi connectivity index (χ2v) is 3.40. The number of carbonyl (C=O) groups excluding carboxylic acids is 1. The van der Waals surface area contributed by atoms with Crippen molar-refractivity contribution in [2.45, 2.75) is 20.8 Å². The van der Waals surface area contributed by atoms with Crippen LogP contribution in [0, 0.1) is 11.8 Å². The van der Waals surface area contributed by atoms with Crippen LogP contribution in [0.1, 0.15) is 20.8 Å². The van der Waals surface area contributed by atoms with E-state index >= 15 is 0 Å². The van der Waals surface area contributed by atoms with Gasteiger partial charge in [-0.3, -0.25) is 10.2 Å². The molecule has 11 heavy (non-hydrogen) atoms. The van der Waals surface area contributed by atoms with Crippen molar-refractivity contribution in [1.29, 1.82) is 0 Å². The van der Waals surface area contributed by atoms with Gasteiger partial charge in [-0.2, -0.15) is 0 Å². The zero-order valence-corrected chi connectivity index (χ0v) is 8.01. The molecule has 0 aromatic carbocycles. The molecule has 0 aliphatic rings. The summed E-state index contributed by atoms with van der Waals surface area (Å²) in [7, 11) is 3.62. The third-order valence-corrected chi connectivity index (χ3v) is 1.75. The summed E-state index contributed by atoms with van der Waals surface area (Å²) in [4.78, 5) is 11.2. The number of nitrogens with zero attached hydrogens (tertiary/aromatic N) is 1. The molecule has 0 radical (unpaired) electrons. The van der Waals surface area contributed by atoms with Gasteiger partial charge in [0.05, 0.1) is 0 Å². The minimum absolute atomic E-state index is 0.0809. The van der Waals surface area contributed by atoms with Crippen LogP contribution in [0.4, 0.5) is 0 Å². The van der Waals surface area contributed by atoms with E-state index in [1.807, 2.05) is 34.9 Å². The molecule has 0 bridgehead atoms. The molecule has 0 aromatic rings. The van der Waals surface area contributed by atoms with Crippen molar-refractivity contribution in [2.24, 2.45) is 11.8 Å². The first-order valence-corrected chi connectivity index (χ1v) is 3.93. The molecule has 1 atom stereocenters. The summed E-state index contributed by atoms with van der Waals surface area (Å²) in [5.74, 6) is 0.567. The first-order valence-electron chi connectivity index (χ1n) is 3.93. The van der Waals surface area contributed by atoms with Gasteiger partial charge in [-0.05, 0) is 5.92 Å².